The Labute approximate surface area is 121 Å². The number of hydrogen-bond acceptors (Lipinski definition) is 4. The van der Waals surface area contributed by atoms with Gasteiger partial charge in [0.25, 0.3) is 0 Å². The number of halogens is 1. The highest BCUT2D eigenvalue weighted by atomic mass is 35.5. The Balaban J connectivity index is 2.12. The number of benzene rings is 1. The molecule has 0 saturated carbocycles. The topological polar surface area (TPSA) is 71.5 Å². The lowest BCUT2D eigenvalue weighted by molar-refractivity contribution is 0.0697. The van der Waals surface area contributed by atoms with E-state index in [0.717, 1.165) is 11.3 Å². The number of anilines is 1. The molecule has 1 aromatic carbocycles. The number of nitrogens with one attached hydrogen (secondary N) is 1. The highest BCUT2D eigenvalue weighted by Crippen LogP contribution is 2.17. The molecule has 0 amide bonds. The molecule has 0 aliphatic carbocycles. The Morgan fingerprint density at radius 2 is 2.20 bits per heavy atom. The summed E-state index contributed by atoms with van der Waals surface area (Å²) in [6.07, 6.45) is 0. The van der Waals surface area contributed by atoms with Gasteiger partial charge in [-0.3, -0.25) is 0 Å². The smallest absolute Gasteiger partial charge is 0.335 e. The molecule has 0 radical (unpaired) electrons. The predicted molar refractivity (Wildman–Crippen MR) is 76.5 cm³/mol. The Morgan fingerprint density at radius 1 is 1.40 bits per heavy atom. The molecule has 20 heavy (non-hydrogen) atoms. The van der Waals surface area contributed by atoms with Crippen LogP contribution < -0.4 is 10.1 Å². The van der Waals surface area contributed by atoms with Crippen molar-refractivity contribution in [3.63, 3.8) is 0 Å². The van der Waals surface area contributed by atoms with Crippen LogP contribution in [0, 0.1) is 0 Å². The van der Waals surface area contributed by atoms with Crippen molar-refractivity contribution < 1.29 is 14.6 Å². The summed E-state index contributed by atoms with van der Waals surface area (Å²) in [4.78, 5) is 15.0. The third-order valence-corrected chi connectivity index (χ3v) is 2.84. The van der Waals surface area contributed by atoms with E-state index < -0.39 is 5.97 Å². The number of hydrogen-bond donors (Lipinski definition) is 2. The van der Waals surface area contributed by atoms with Gasteiger partial charge >= 0.3 is 5.97 Å². The van der Waals surface area contributed by atoms with E-state index in [9.17, 15) is 4.79 Å². The maximum absolute atomic E-state index is 10.9. The van der Waals surface area contributed by atoms with Crippen LogP contribution >= 0.6 is 11.6 Å². The predicted octanol–water partition coefficient (Wildman–Crippen LogP) is 3.05. The number of aromatic carboxylic acids is 1. The van der Waals surface area contributed by atoms with E-state index in [1.807, 2.05) is 24.3 Å². The van der Waals surface area contributed by atoms with Crippen LogP contribution in [-0.4, -0.2) is 23.2 Å². The number of carboxylic acid groups (broad SMARTS) is 1. The maximum atomic E-state index is 10.9. The van der Waals surface area contributed by atoms with Crippen molar-refractivity contribution in [1.29, 1.82) is 0 Å². The quantitative estimate of drug-likeness (QED) is 0.829. The molecule has 0 aliphatic heterocycles. The fourth-order valence-corrected chi connectivity index (χ4v) is 1.89. The summed E-state index contributed by atoms with van der Waals surface area (Å²) in [5.41, 5.74) is 1.08. The van der Waals surface area contributed by atoms with Crippen molar-refractivity contribution in [3.8, 4) is 5.75 Å². The second-order valence-electron chi connectivity index (χ2n) is 4.07. The second kappa shape index (κ2) is 6.25. The third kappa shape index (κ3) is 3.61. The number of nitrogens with zero attached hydrogens (tertiary/aromatic N) is 1. The molecule has 0 unspecified atom stereocenters. The first-order valence-corrected chi connectivity index (χ1v) is 6.24. The monoisotopic (exact) mass is 292 g/mol. The summed E-state index contributed by atoms with van der Waals surface area (Å²) in [7, 11) is 1.60. The molecule has 1 heterocycles. The molecule has 1 aromatic heterocycles. The second-order valence-corrected chi connectivity index (χ2v) is 4.46. The molecule has 6 heteroatoms. The average Bonchev–Trinajstić information content (AvgIpc) is 2.44. The minimum atomic E-state index is -1.04. The SMILES string of the molecule is COc1cccc(CNc2cc(C(=O)O)cc(Cl)n2)c1. The molecule has 0 aliphatic rings. The van der Waals surface area contributed by atoms with Crippen molar-refractivity contribution in [1.82, 2.24) is 4.98 Å². The molecular weight excluding hydrogens is 280 g/mol. The normalized spacial score (nSPS) is 10.1. The van der Waals surface area contributed by atoms with Gasteiger partial charge in [0.15, 0.2) is 0 Å². The zero-order valence-electron chi connectivity index (χ0n) is 10.8. The van der Waals surface area contributed by atoms with Gasteiger partial charge in [0.1, 0.15) is 16.7 Å². The van der Waals surface area contributed by atoms with Crippen molar-refractivity contribution in [2.75, 3.05) is 12.4 Å². The minimum Gasteiger partial charge on any atom is -0.497 e. The van der Waals surface area contributed by atoms with Crippen molar-refractivity contribution in [3.05, 3.63) is 52.7 Å². The van der Waals surface area contributed by atoms with E-state index in [-0.39, 0.29) is 10.7 Å². The minimum absolute atomic E-state index is 0.0955. The average molecular weight is 293 g/mol. The molecule has 104 valence electrons. The molecule has 0 fully saturated rings. The lowest BCUT2D eigenvalue weighted by Gasteiger charge is -2.08. The Morgan fingerprint density at radius 3 is 2.90 bits per heavy atom. The van der Waals surface area contributed by atoms with E-state index in [1.54, 1.807) is 7.11 Å². The summed E-state index contributed by atoms with van der Waals surface area (Å²) < 4.78 is 5.13. The van der Waals surface area contributed by atoms with Crippen molar-refractivity contribution in [2.45, 2.75) is 6.54 Å². The zero-order valence-corrected chi connectivity index (χ0v) is 11.5. The highest BCUT2D eigenvalue weighted by Gasteiger charge is 2.07. The molecule has 0 saturated heterocycles. The Bertz CT molecular complexity index is 632. The van der Waals surface area contributed by atoms with Gasteiger partial charge < -0.3 is 15.2 Å². The van der Waals surface area contributed by atoms with E-state index in [4.69, 9.17) is 21.4 Å². The van der Waals surface area contributed by atoms with Gasteiger partial charge in [-0.15, -0.1) is 0 Å². The van der Waals surface area contributed by atoms with Crippen LogP contribution in [0.25, 0.3) is 0 Å². The maximum Gasteiger partial charge on any atom is 0.335 e. The standard InChI is InChI=1S/C14H13ClN2O3/c1-20-11-4-2-3-9(5-11)8-16-13-7-10(14(18)19)6-12(15)17-13/h2-7H,8H2,1H3,(H,16,17)(H,18,19). The molecule has 0 spiro atoms. The van der Waals surface area contributed by atoms with Crippen LogP contribution in [0.4, 0.5) is 5.82 Å². The lowest BCUT2D eigenvalue weighted by atomic mass is 10.2. The van der Waals surface area contributed by atoms with E-state index in [1.165, 1.54) is 12.1 Å². The largest absolute Gasteiger partial charge is 0.497 e. The Hall–Kier alpha value is -2.27. The number of ether oxygens (including phenoxy) is 1. The molecule has 2 N–H and O–H groups in total. The van der Waals surface area contributed by atoms with Crippen molar-refractivity contribution >= 4 is 23.4 Å². The Kier molecular flexibility index (Phi) is 4.42. The van der Waals surface area contributed by atoms with Gasteiger partial charge in [0, 0.05) is 6.54 Å². The summed E-state index contributed by atoms with van der Waals surface area (Å²) in [6, 6.07) is 10.3. The van der Waals surface area contributed by atoms with Gasteiger partial charge in [-0.1, -0.05) is 23.7 Å². The number of carbonyl (C=O) groups is 1. The first-order valence-electron chi connectivity index (χ1n) is 5.86. The molecule has 2 aromatic rings. The molecule has 0 bridgehead atoms. The lowest BCUT2D eigenvalue weighted by Crippen LogP contribution is -2.04. The molecule has 0 atom stereocenters. The fraction of sp³-hybridized carbons (Fsp3) is 0.143. The molecular formula is C14H13ClN2O3. The fourth-order valence-electron chi connectivity index (χ4n) is 1.69. The van der Waals surface area contributed by atoms with E-state index in [0.29, 0.717) is 12.4 Å². The van der Waals surface area contributed by atoms with E-state index in [2.05, 4.69) is 10.3 Å². The van der Waals surface area contributed by atoms with Gasteiger partial charge in [-0.2, -0.15) is 0 Å². The number of carboxylic acids is 1. The number of pyridine rings is 1. The van der Waals surface area contributed by atoms with Gasteiger partial charge in [-0.25, -0.2) is 9.78 Å². The van der Waals surface area contributed by atoms with Crippen LogP contribution in [0.1, 0.15) is 15.9 Å². The van der Waals surface area contributed by atoms with Crippen LogP contribution in [-0.2, 0) is 6.54 Å². The zero-order chi connectivity index (χ0) is 14.5. The number of rotatable bonds is 5. The van der Waals surface area contributed by atoms with Crippen LogP contribution in [0.2, 0.25) is 5.15 Å². The summed E-state index contributed by atoms with van der Waals surface area (Å²) in [5, 5.41) is 12.1. The third-order valence-electron chi connectivity index (χ3n) is 2.65. The van der Waals surface area contributed by atoms with Gasteiger partial charge in [0.2, 0.25) is 0 Å². The first kappa shape index (κ1) is 14.1. The molecule has 2 rings (SSSR count). The molecule has 5 nitrogen and oxygen atoms in total. The van der Waals surface area contributed by atoms with Crippen LogP contribution in [0.3, 0.4) is 0 Å². The van der Waals surface area contributed by atoms with Crippen LogP contribution in [0.5, 0.6) is 5.75 Å². The first-order chi connectivity index (χ1) is 9.58. The van der Waals surface area contributed by atoms with Gasteiger partial charge in [0.05, 0.1) is 12.7 Å². The van der Waals surface area contributed by atoms with Crippen molar-refractivity contribution in [2.24, 2.45) is 0 Å². The summed E-state index contributed by atoms with van der Waals surface area (Å²) >= 11 is 5.79. The highest BCUT2D eigenvalue weighted by molar-refractivity contribution is 6.29. The summed E-state index contributed by atoms with van der Waals surface area (Å²) in [5.74, 6) is 0.131. The number of methoxy groups -OCH3 is 1. The summed E-state index contributed by atoms with van der Waals surface area (Å²) in [6.45, 7) is 0.490. The number of aromatic nitrogens is 1. The van der Waals surface area contributed by atoms with Crippen LogP contribution in [0.15, 0.2) is 36.4 Å². The van der Waals surface area contributed by atoms with Gasteiger partial charge in [-0.05, 0) is 29.8 Å². The van der Waals surface area contributed by atoms with E-state index >= 15 is 0 Å².